The van der Waals surface area contributed by atoms with Crippen LogP contribution in [-0.2, 0) is 9.53 Å². The van der Waals surface area contributed by atoms with Crippen LogP contribution in [0.25, 0.3) is 0 Å². The summed E-state index contributed by atoms with van der Waals surface area (Å²) in [7, 11) is 1.99. The van der Waals surface area contributed by atoms with Gasteiger partial charge in [-0.25, -0.2) is 0 Å². The molecule has 0 radical (unpaired) electrons. The molecular weight excluding hydrogens is 220 g/mol. The second-order valence-corrected chi connectivity index (χ2v) is 5.34. The summed E-state index contributed by atoms with van der Waals surface area (Å²) in [6.45, 7) is 3.91. The fraction of sp³-hybridized carbons (Fsp3) is 0.917. The van der Waals surface area contributed by atoms with Gasteiger partial charge in [0.25, 0.3) is 0 Å². The SMILES string of the molecule is CN(CCOCC1CC1)C1(CC(=O)O)CNC1. The van der Waals surface area contributed by atoms with Crippen molar-refractivity contribution in [3.8, 4) is 0 Å². The summed E-state index contributed by atoms with van der Waals surface area (Å²) in [6, 6.07) is 0. The lowest BCUT2D eigenvalue weighted by Gasteiger charge is -2.48. The molecule has 2 aliphatic rings. The van der Waals surface area contributed by atoms with Gasteiger partial charge in [-0.2, -0.15) is 0 Å². The lowest BCUT2D eigenvalue weighted by Crippen LogP contribution is -2.69. The third-order valence-electron chi connectivity index (χ3n) is 3.82. The Hall–Kier alpha value is -0.650. The average Bonchev–Trinajstić information content (AvgIpc) is 3.01. The molecule has 2 fully saturated rings. The maximum atomic E-state index is 10.9. The summed E-state index contributed by atoms with van der Waals surface area (Å²) < 4.78 is 5.59. The van der Waals surface area contributed by atoms with Crippen LogP contribution in [0, 0.1) is 5.92 Å². The summed E-state index contributed by atoms with van der Waals surface area (Å²) in [6.07, 6.45) is 2.82. The highest BCUT2D eigenvalue weighted by molar-refractivity contribution is 5.68. The Morgan fingerprint density at radius 1 is 1.53 bits per heavy atom. The highest BCUT2D eigenvalue weighted by Crippen LogP contribution is 2.29. The Morgan fingerprint density at radius 3 is 2.71 bits per heavy atom. The Kier molecular flexibility index (Phi) is 4.01. The Labute approximate surface area is 102 Å². The van der Waals surface area contributed by atoms with Gasteiger partial charge >= 0.3 is 5.97 Å². The molecule has 1 aliphatic heterocycles. The Bertz CT molecular complexity index is 275. The second kappa shape index (κ2) is 5.33. The van der Waals surface area contributed by atoms with Gasteiger partial charge in [-0.05, 0) is 25.8 Å². The Balaban J connectivity index is 1.68. The van der Waals surface area contributed by atoms with Gasteiger partial charge in [0.2, 0.25) is 0 Å². The van der Waals surface area contributed by atoms with Crippen LogP contribution in [0.4, 0.5) is 0 Å². The van der Waals surface area contributed by atoms with Gasteiger partial charge in [-0.3, -0.25) is 9.69 Å². The molecule has 1 saturated carbocycles. The molecular formula is C12H22N2O3. The van der Waals surface area contributed by atoms with Crippen molar-refractivity contribution in [1.29, 1.82) is 0 Å². The topological polar surface area (TPSA) is 61.8 Å². The molecule has 5 heteroatoms. The van der Waals surface area contributed by atoms with E-state index in [1.54, 1.807) is 0 Å². The molecule has 1 aliphatic carbocycles. The number of rotatable bonds is 8. The minimum absolute atomic E-state index is 0.200. The molecule has 2 N–H and O–H groups in total. The van der Waals surface area contributed by atoms with Crippen molar-refractivity contribution >= 4 is 5.97 Å². The molecule has 0 aromatic carbocycles. The number of likely N-dealkylation sites (N-methyl/N-ethyl adjacent to an activating group) is 1. The molecule has 1 saturated heterocycles. The molecule has 5 nitrogen and oxygen atoms in total. The molecule has 0 spiro atoms. The number of nitrogens with zero attached hydrogens (tertiary/aromatic N) is 1. The molecule has 1 heterocycles. The van der Waals surface area contributed by atoms with Gasteiger partial charge in [-0.1, -0.05) is 0 Å². The van der Waals surface area contributed by atoms with Crippen LogP contribution in [0.5, 0.6) is 0 Å². The lowest BCUT2D eigenvalue weighted by molar-refractivity contribution is -0.141. The van der Waals surface area contributed by atoms with Crippen LogP contribution in [0.3, 0.4) is 0 Å². The van der Waals surface area contributed by atoms with Crippen molar-refractivity contribution in [2.75, 3.05) is 39.9 Å². The average molecular weight is 242 g/mol. The highest BCUT2D eigenvalue weighted by atomic mass is 16.5. The first kappa shape index (κ1) is 12.8. The van der Waals surface area contributed by atoms with Gasteiger partial charge in [0.15, 0.2) is 0 Å². The fourth-order valence-electron chi connectivity index (χ4n) is 2.20. The van der Waals surface area contributed by atoms with Crippen LogP contribution in [0.1, 0.15) is 19.3 Å². The number of nitrogens with one attached hydrogen (secondary N) is 1. The molecule has 2 rings (SSSR count). The normalized spacial score (nSPS) is 22.5. The second-order valence-electron chi connectivity index (χ2n) is 5.34. The summed E-state index contributed by atoms with van der Waals surface area (Å²) >= 11 is 0. The van der Waals surface area contributed by atoms with E-state index in [0.29, 0.717) is 6.61 Å². The van der Waals surface area contributed by atoms with Crippen LogP contribution in [-0.4, -0.2) is 61.4 Å². The molecule has 98 valence electrons. The molecule has 0 amide bonds. The number of ether oxygens (including phenoxy) is 1. The first-order valence-corrected chi connectivity index (χ1v) is 6.34. The smallest absolute Gasteiger partial charge is 0.305 e. The third kappa shape index (κ3) is 3.40. The van der Waals surface area contributed by atoms with E-state index in [2.05, 4.69) is 10.2 Å². The van der Waals surface area contributed by atoms with Crippen molar-refractivity contribution < 1.29 is 14.6 Å². The molecule has 0 atom stereocenters. The maximum absolute atomic E-state index is 10.9. The van der Waals surface area contributed by atoms with E-state index in [0.717, 1.165) is 32.2 Å². The molecule has 0 unspecified atom stereocenters. The summed E-state index contributed by atoms with van der Waals surface area (Å²) in [5, 5.41) is 12.1. The lowest BCUT2D eigenvalue weighted by atomic mass is 9.87. The van der Waals surface area contributed by atoms with Crippen LogP contribution in [0.2, 0.25) is 0 Å². The van der Waals surface area contributed by atoms with Crippen LogP contribution < -0.4 is 5.32 Å². The van der Waals surface area contributed by atoms with Crippen molar-refractivity contribution in [2.45, 2.75) is 24.8 Å². The quantitative estimate of drug-likeness (QED) is 0.594. The number of aliphatic carboxylic acids is 1. The number of carboxylic acid groups (broad SMARTS) is 1. The van der Waals surface area contributed by atoms with Gasteiger partial charge < -0.3 is 15.2 Å². The van der Waals surface area contributed by atoms with Crippen molar-refractivity contribution in [3.05, 3.63) is 0 Å². The third-order valence-corrected chi connectivity index (χ3v) is 3.82. The maximum Gasteiger partial charge on any atom is 0.305 e. The van der Waals surface area contributed by atoms with Crippen molar-refractivity contribution in [3.63, 3.8) is 0 Å². The fourth-order valence-corrected chi connectivity index (χ4v) is 2.20. The van der Waals surface area contributed by atoms with Gasteiger partial charge in [-0.15, -0.1) is 0 Å². The van der Waals surface area contributed by atoms with E-state index in [9.17, 15) is 4.79 Å². The van der Waals surface area contributed by atoms with Crippen LogP contribution in [0.15, 0.2) is 0 Å². The van der Waals surface area contributed by atoms with Gasteiger partial charge in [0.05, 0.1) is 18.6 Å². The predicted octanol–water partition coefficient (Wildman–Crippen LogP) is 0.162. The van der Waals surface area contributed by atoms with E-state index in [-0.39, 0.29) is 12.0 Å². The van der Waals surface area contributed by atoms with Crippen molar-refractivity contribution in [1.82, 2.24) is 10.2 Å². The van der Waals surface area contributed by atoms with E-state index in [1.807, 2.05) is 7.05 Å². The van der Waals surface area contributed by atoms with E-state index in [4.69, 9.17) is 9.84 Å². The van der Waals surface area contributed by atoms with E-state index < -0.39 is 5.97 Å². The molecule has 0 aromatic heterocycles. The molecule has 17 heavy (non-hydrogen) atoms. The zero-order valence-corrected chi connectivity index (χ0v) is 10.4. The summed E-state index contributed by atoms with van der Waals surface area (Å²) in [5.41, 5.74) is -0.200. The minimum atomic E-state index is -0.725. The van der Waals surface area contributed by atoms with Crippen LogP contribution >= 0.6 is 0 Å². The first-order chi connectivity index (χ1) is 8.12. The predicted molar refractivity (Wildman–Crippen MR) is 64.0 cm³/mol. The Morgan fingerprint density at radius 2 is 2.24 bits per heavy atom. The molecule has 0 aromatic rings. The zero-order valence-electron chi connectivity index (χ0n) is 10.4. The number of hydrogen-bond acceptors (Lipinski definition) is 4. The number of hydrogen-bond donors (Lipinski definition) is 2. The van der Waals surface area contributed by atoms with Gasteiger partial charge in [0.1, 0.15) is 0 Å². The zero-order chi connectivity index (χ0) is 12.3. The monoisotopic (exact) mass is 242 g/mol. The van der Waals surface area contributed by atoms with E-state index >= 15 is 0 Å². The summed E-state index contributed by atoms with van der Waals surface area (Å²) in [4.78, 5) is 13.0. The standard InChI is InChI=1S/C12H22N2O3/c1-14(4-5-17-7-10-2-3-10)12(6-11(15)16)8-13-9-12/h10,13H,2-9H2,1H3,(H,15,16). The van der Waals surface area contributed by atoms with E-state index in [1.165, 1.54) is 12.8 Å². The summed E-state index contributed by atoms with van der Waals surface area (Å²) in [5.74, 6) is 0.0657. The minimum Gasteiger partial charge on any atom is -0.481 e. The number of carboxylic acids is 1. The van der Waals surface area contributed by atoms with Gasteiger partial charge in [0, 0.05) is 26.2 Å². The highest BCUT2D eigenvalue weighted by Gasteiger charge is 2.42. The largest absolute Gasteiger partial charge is 0.481 e. The number of carbonyl (C=O) groups is 1. The van der Waals surface area contributed by atoms with Crippen molar-refractivity contribution in [2.24, 2.45) is 5.92 Å². The first-order valence-electron chi connectivity index (χ1n) is 6.34. The molecule has 0 bridgehead atoms.